The summed E-state index contributed by atoms with van der Waals surface area (Å²) in [5, 5.41) is 0.470. The first-order valence-electron chi connectivity index (χ1n) is 8.52. The minimum Gasteiger partial charge on any atom is -0.341 e. The predicted molar refractivity (Wildman–Crippen MR) is 93.3 cm³/mol. The number of aromatic nitrogens is 2. The zero-order valence-electron chi connectivity index (χ0n) is 14.2. The molecule has 0 aliphatic carbocycles. The van der Waals surface area contributed by atoms with Gasteiger partial charge in [0.2, 0.25) is 5.91 Å². The Hall–Kier alpha value is -2.37. The van der Waals surface area contributed by atoms with E-state index >= 15 is 0 Å². The van der Waals surface area contributed by atoms with E-state index in [2.05, 4.69) is 0 Å². The molecule has 0 N–H and O–H groups in total. The Morgan fingerprint density at radius 3 is 2.42 bits per heavy atom. The second kappa shape index (κ2) is 6.63. The predicted octanol–water partition coefficient (Wildman–Crippen LogP) is 1.76. The zero-order chi connectivity index (χ0) is 17.3. The maximum atomic E-state index is 12.8. The topological polar surface area (TPSA) is 64.3 Å². The number of rotatable bonds is 3. The standard InChI is InChI=1S/C18H23N3O3/c1-13(2)21-17(23)14-8-4-5-9-15(14)20(18(21)24)12-16(22)19-10-6-3-7-11-19/h4-5,8-9,13H,3,6-7,10-12H2,1-2H3. The number of piperidine rings is 1. The molecule has 0 spiro atoms. The third-order valence-electron chi connectivity index (χ3n) is 4.60. The summed E-state index contributed by atoms with van der Waals surface area (Å²) in [6.07, 6.45) is 3.16. The van der Waals surface area contributed by atoms with Crippen molar-refractivity contribution in [2.45, 2.75) is 45.7 Å². The van der Waals surface area contributed by atoms with Crippen molar-refractivity contribution in [1.82, 2.24) is 14.0 Å². The van der Waals surface area contributed by atoms with E-state index in [-0.39, 0.29) is 24.1 Å². The van der Waals surface area contributed by atoms with Crippen molar-refractivity contribution in [1.29, 1.82) is 0 Å². The van der Waals surface area contributed by atoms with Crippen LogP contribution in [0.1, 0.15) is 39.2 Å². The van der Waals surface area contributed by atoms with E-state index in [1.54, 1.807) is 38.1 Å². The van der Waals surface area contributed by atoms with Gasteiger partial charge < -0.3 is 4.90 Å². The van der Waals surface area contributed by atoms with Crippen molar-refractivity contribution in [2.24, 2.45) is 0 Å². The van der Waals surface area contributed by atoms with Crippen molar-refractivity contribution in [3.8, 4) is 0 Å². The number of hydrogen-bond donors (Lipinski definition) is 0. The van der Waals surface area contributed by atoms with Crippen molar-refractivity contribution in [3.63, 3.8) is 0 Å². The number of benzene rings is 1. The summed E-state index contributed by atoms with van der Waals surface area (Å²) < 4.78 is 2.67. The Kier molecular flexibility index (Phi) is 4.55. The van der Waals surface area contributed by atoms with Crippen LogP contribution in [0.15, 0.2) is 33.9 Å². The molecule has 2 heterocycles. The number of amides is 1. The lowest BCUT2D eigenvalue weighted by Gasteiger charge is -2.27. The highest BCUT2D eigenvalue weighted by molar-refractivity contribution is 5.81. The molecule has 1 fully saturated rings. The number of para-hydroxylation sites is 1. The van der Waals surface area contributed by atoms with E-state index in [1.165, 1.54) is 9.13 Å². The number of carbonyl (C=O) groups is 1. The van der Waals surface area contributed by atoms with E-state index < -0.39 is 5.69 Å². The van der Waals surface area contributed by atoms with Crippen LogP contribution in [0.25, 0.3) is 10.9 Å². The lowest BCUT2D eigenvalue weighted by atomic mass is 10.1. The van der Waals surface area contributed by atoms with Crippen LogP contribution >= 0.6 is 0 Å². The van der Waals surface area contributed by atoms with Crippen LogP contribution in [0.5, 0.6) is 0 Å². The van der Waals surface area contributed by atoms with Gasteiger partial charge in [-0.15, -0.1) is 0 Å². The normalized spacial score (nSPS) is 15.2. The maximum Gasteiger partial charge on any atom is 0.332 e. The third kappa shape index (κ3) is 2.88. The molecule has 0 radical (unpaired) electrons. The number of nitrogens with zero attached hydrogens (tertiary/aromatic N) is 3. The van der Waals surface area contributed by atoms with Crippen LogP contribution in [-0.2, 0) is 11.3 Å². The van der Waals surface area contributed by atoms with Crippen molar-refractivity contribution in [3.05, 3.63) is 45.1 Å². The third-order valence-corrected chi connectivity index (χ3v) is 4.60. The monoisotopic (exact) mass is 329 g/mol. The molecule has 1 saturated heterocycles. The lowest BCUT2D eigenvalue weighted by Crippen LogP contribution is -2.45. The van der Waals surface area contributed by atoms with E-state index in [0.717, 1.165) is 32.4 Å². The molecule has 3 rings (SSSR count). The molecule has 1 aliphatic rings. The molecular formula is C18H23N3O3. The van der Waals surface area contributed by atoms with Gasteiger partial charge in [0.25, 0.3) is 5.56 Å². The molecule has 2 aromatic rings. The summed E-state index contributed by atoms with van der Waals surface area (Å²) in [7, 11) is 0. The second-order valence-electron chi connectivity index (χ2n) is 6.60. The van der Waals surface area contributed by atoms with Gasteiger partial charge in [-0.1, -0.05) is 12.1 Å². The van der Waals surface area contributed by atoms with E-state index in [4.69, 9.17) is 0 Å². The first-order chi connectivity index (χ1) is 11.5. The van der Waals surface area contributed by atoms with E-state index in [0.29, 0.717) is 10.9 Å². The highest BCUT2D eigenvalue weighted by atomic mass is 16.2. The fraction of sp³-hybridized carbons (Fsp3) is 0.500. The summed E-state index contributed by atoms with van der Waals surface area (Å²) in [6, 6.07) is 6.73. The van der Waals surface area contributed by atoms with Crippen LogP contribution < -0.4 is 11.2 Å². The molecule has 1 aliphatic heterocycles. The summed E-state index contributed by atoms with van der Waals surface area (Å²) >= 11 is 0. The van der Waals surface area contributed by atoms with E-state index in [9.17, 15) is 14.4 Å². The van der Waals surface area contributed by atoms with Gasteiger partial charge in [0.1, 0.15) is 6.54 Å². The van der Waals surface area contributed by atoms with Crippen LogP contribution in [0, 0.1) is 0 Å². The minimum atomic E-state index is -0.418. The Labute approximate surface area is 140 Å². The first-order valence-corrected chi connectivity index (χ1v) is 8.52. The number of likely N-dealkylation sites (tertiary alicyclic amines) is 1. The SMILES string of the molecule is CC(C)n1c(=O)c2ccccc2n(CC(=O)N2CCCCC2)c1=O. The molecule has 6 heteroatoms. The molecule has 1 aromatic heterocycles. The number of carbonyl (C=O) groups excluding carboxylic acids is 1. The van der Waals surface area contributed by atoms with Crippen molar-refractivity contribution >= 4 is 16.8 Å². The summed E-state index contributed by atoms with van der Waals surface area (Å²) in [4.78, 5) is 39.8. The number of hydrogen-bond acceptors (Lipinski definition) is 3. The average molecular weight is 329 g/mol. The quantitative estimate of drug-likeness (QED) is 0.862. The number of fused-ring (bicyclic) bond motifs is 1. The van der Waals surface area contributed by atoms with Crippen LogP contribution in [-0.4, -0.2) is 33.0 Å². The Morgan fingerprint density at radius 1 is 1.08 bits per heavy atom. The van der Waals surface area contributed by atoms with Gasteiger partial charge in [0.15, 0.2) is 0 Å². The molecule has 0 atom stereocenters. The van der Waals surface area contributed by atoms with Crippen LogP contribution in [0.2, 0.25) is 0 Å². The van der Waals surface area contributed by atoms with Crippen LogP contribution in [0.4, 0.5) is 0 Å². The molecule has 0 bridgehead atoms. The largest absolute Gasteiger partial charge is 0.341 e. The smallest absolute Gasteiger partial charge is 0.332 e. The molecule has 24 heavy (non-hydrogen) atoms. The average Bonchev–Trinajstić information content (AvgIpc) is 2.59. The van der Waals surface area contributed by atoms with Gasteiger partial charge in [0.05, 0.1) is 10.9 Å². The highest BCUT2D eigenvalue weighted by Crippen LogP contribution is 2.12. The van der Waals surface area contributed by atoms with Crippen molar-refractivity contribution in [2.75, 3.05) is 13.1 Å². The highest BCUT2D eigenvalue weighted by Gasteiger charge is 2.20. The molecule has 1 aromatic carbocycles. The fourth-order valence-corrected chi connectivity index (χ4v) is 3.33. The Bertz CT molecular complexity index is 873. The maximum absolute atomic E-state index is 12.8. The molecule has 1 amide bonds. The molecule has 6 nitrogen and oxygen atoms in total. The summed E-state index contributed by atoms with van der Waals surface area (Å²) in [5.41, 5.74) is -0.193. The lowest BCUT2D eigenvalue weighted by molar-refractivity contribution is -0.132. The fourth-order valence-electron chi connectivity index (χ4n) is 3.33. The van der Waals surface area contributed by atoms with Gasteiger partial charge >= 0.3 is 5.69 Å². The Balaban J connectivity index is 2.11. The molecule has 0 unspecified atom stereocenters. The van der Waals surface area contributed by atoms with Gasteiger partial charge in [-0.05, 0) is 45.2 Å². The van der Waals surface area contributed by atoms with E-state index in [1.807, 2.05) is 4.90 Å². The molecule has 0 saturated carbocycles. The summed E-state index contributed by atoms with van der Waals surface area (Å²) in [5.74, 6) is -0.0593. The minimum absolute atomic E-state index is 0.0215. The summed E-state index contributed by atoms with van der Waals surface area (Å²) in [6.45, 7) is 5.07. The van der Waals surface area contributed by atoms with Crippen molar-refractivity contribution < 1.29 is 4.79 Å². The molecular weight excluding hydrogens is 306 g/mol. The molecule has 128 valence electrons. The Morgan fingerprint density at radius 2 is 1.75 bits per heavy atom. The van der Waals surface area contributed by atoms with Gasteiger partial charge in [0, 0.05) is 19.1 Å². The van der Waals surface area contributed by atoms with Gasteiger partial charge in [-0.3, -0.25) is 18.7 Å². The second-order valence-corrected chi connectivity index (χ2v) is 6.60. The van der Waals surface area contributed by atoms with Gasteiger partial charge in [-0.2, -0.15) is 0 Å². The first kappa shape index (κ1) is 16.5. The van der Waals surface area contributed by atoms with Gasteiger partial charge in [-0.25, -0.2) is 4.79 Å². The van der Waals surface area contributed by atoms with Crippen LogP contribution in [0.3, 0.4) is 0 Å². The zero-order valence-corrected chi connectivity index (χ0v) is 14.2.